The molecule has 0 atom stereocenters. The van der Waals surface area contributed by atoms with Crippen molar-refractivity contribution in [2.24, 2.45) is 0 Å². The SMILES string of the molecule is O=S(=O)(Nc1ccc(F)c(F)c1)c1ccc(N2CCN(c3ccncc3)CC2)nc1. The quantitative estimate of drug-likeness (QED) is 0.669. The summed E-state index contributed by atoms with van der Waals surface area (Å²) >= 11 is 0. The van der Waals surface area contributed by atoms with Crippen LogP contribution in [0.2, 0.25) is 0 Å². The van der Waals surface area contributed by atoms with Crippen molar-refractivity contribution in [3.63, 3.8) is 0 Å². The maximum atomic E-state index is 13.3. The summed E-state index contributed by atoms with van der Waals surface area (Å²) in [6, 6.07) is 9.82. The second kappa shape index (κ2) is 8.23. The van der Waals surface area contributed by atoms with Gasteiger partial charge in [-0.3, -0.25) is 9.71 Å². The molecule has 4 rings (SSSR count). The van der Waals surface area contributed by atoms with Crippen molar-refractivity contribution in [3.8, 4) is 0 Å². The number of hydrogen-bond acceptors (Lipinski definition) is 6. The number of anilines is 3. The van der Waals surface area contributed by atoms with Crippen LogP contribution < -0.4 is 14.5 Å². The molecule has 30 heavy (non-hydrogen) atoms. The molecule has 1 aliphatic rings. The summed E-state index contributed by atoms with van der Waals surface area (Å²) in [6.07, 6.45) is 4.78. The van der Waals surface area contributed by atoms with Crippen molar-refractivity contribution in [2.45, 2.75) is 4.90 Å². The molecule has 3 aromatic rings. The minimum atomic E-state index is -3.97. The molecule has 0 aliphatic carbocycles. The van der Waals surface area contributed by atoms with Gasteiger partial charge in [0.2, 0.25) is 0 Å². The Morgan fingerprint density at radius 3 is 2.20 bits per heavy atom. The van der Waals surface area contributed by atoms with Gasteiger partial charge in [0.1, 0.15) is 10.7 Å². The van der Waals surface area contributed by atoms with E-state index in [0.717, 1.165) is 50.1 Å². The highest BCUT2D eigenvalue weighted by atomic mass is 32.2. The minimum absolute atomic E-state index is 0.0635. The smallest absolute Gasteiger partial charge is 0.263 e. The zero-order valence-corrected chi connectivity index (χ0v) is 16.7. The molecule has 0 unspecified atom stereocenters. The normalized spacial score (nSPS) is 14.6. The van der Waals surface area contributed by atoms with Crippen molar-refractivity contribution in [1.82, 2.24) is 9.97 Å². The number of nitrogens with one attached hydrogen (secondary N) is 1. The van der Waals surface area contributed by atoms with E-state index >= 15 is 0 Å². The first-order valence-electron chi connectivity index (χ1n) is 9.26. The fraction of sp³-hybridized carbons (Fsp3) is 0.200. The third-order valence-corrected chi connectivity index (χ3v) is 6.20. The molecule has 156 valence electrons. The molecule has 7 nitrogen and oxygen atoms in total. The number of sulfonamides is 1. The Hall–Kier alpha value is -3.27. The number of hydrogen-bond donors (Lipinski definition) is 1. The van der Waals surface area contributed by atoms with E-state index in [2.05, 4.69) is 24.5 Å². The standard InChI is InChI=1S/C20H19F2N5O2S/c21-18-3-1-15(13-19(18)22)25-30(28,29)17-2-4-20(24-14-17)27-11-9-26(10-12-27)16-5-7-23-8-6-16/h1-8,13-14,25H,9-12H2. The first-order chi connectivity index (χ1) is 14.4. The zero-order valence-electron chi connectivity index (χ0n) is 15.9. The third-order valence-electron chi connectivity index (χ3n) is 4.83. The Balaban J connectivity index is 1.42. The Kier molecular flexibility index (Phi) is 5.49. The van der Waals surface area contributed by atoms with Crippen molar-refractivity contribution in [1.29, 1.82) is 0 Å². The van der Waals surface area contributed by atoms with Crippen LogP contribution in [0.4, 0.5) is 26.0 Å². The Bertz CT molecular complexity index is 1120. The summed E-state index contributed by atoms with van der Waals surface area (Å²) in [5, 5.41) is 0. The molecule has 1 fully saturated rings. The summed E-state index contributed by atoms with van der Waals surface area (Å²) in [7, 11) is -3.97. The Morgan fingerprint density at radius 2 is 1.57 bits per heavy atom. The van der Waals surface area contributed by atoms with Crippen LogP contribution in [0.1, 0.15) is 0 Å². The lowest BCUT2D eigenvalue weighted by Gasteiger charge is -2.36. The van der Waals surface area contributed by atoms with Gasteiger partial charge in [0.25, 0.3) is 10.0 Å². The highest BCUT2D eigenvalue weighted by molar-refractivity contribution is 7.92. The number of halogens is 2. The van der Waals surface area contributed by atoms with Crippen LogP contribution in [0.5, 0.6) is 0 Å². The first kappa shape index (κ1) is 20.0. The van der Waals surface area contributed by atoms with E-state index in [1.54, 1.807) is 18.5 Å². The van der Waals surface area contributed by atoms with Crippen molar-refractivity contribution in [3.05, 3.63) is 72.7 Å². The van der Waals surface area contributed by atoms with Crippen molar-refractivity contribution < 1.29 is 17.2 Å². The molecule has 0 spiro atoms. The van der Waals surface area contributed by atoms with Gasteiger partial charge in [0, 0.05) is 56.5 Å². The lowest BCUT2D eigenvalue weighted by molar-refractivity contribution is 0.509. The van der Waals surface area contributed by atoms with Gasteiger partial charge in [0.15, 0.2) is 11.6 Å². The Morgan fingerprint density at radius 1 is 0.867 bits per heavy atom. The molecule has 0 bridgehead atoms. The van der Waals surface area contributed by atoms with E-state index in [1.165, 1.54) is 12.3 Å². The highest BCUT2D eigenvalue weighted by Crippen LogP contribution is 2.22. The van der Waals surface area contributed by atoms with Gasteiger partial charge in [0.05, 0.1) is 5.69 Å². The predicted octanol–water partition coefficient (Wildman–Crippen LogP) is 2.88. The number of aromatic nitrogens is 2. The van der Waals surface area contributed by atoms with Crippen LogP contribution in [0.25, 0.3) is 0 Å². The molecule has 0 amide bonds. The highest BCUT2D eigenvalue weighted by Gasteiger charge is 2.20. The average molecular weight is 431 g/mol. The van der Waals surface area contributed by atoms with E-state index in [0.29, 0.717) is 5.82 Å². The monoisotopic (exact) mass is 431 g/mol. The van der Waals surface area contributed by atoms with Crippen LogP contribution in [-0.2, 0) is 10.0 Å². The van der Waals surface area contributed by atoms with E-state index in [1.807, 2.05) is 12.1 Å². The van der Waals surface area contributed by atoms with Gasteiger partial charge in [-0.15, -0.1) is 0 Å². The molecular weight excluding hydrogens is 412 g/mol. The molecule has 2 aromatic heterocycles. The van der Waals surface area contributed by atoms with Crippen molar-refractivity contribution in [2.75, 3.05) is 40.7 Å². The lowest BCUT2D eigenvalue weighted by atomic mass is 10.2. The topological polar surface area (TPSA) is 78.4 Å². The summed E-state index contributed by atoms with van der Waals surface area (Å²) in [4.78, 5) is 12.6. The van der Waals surface area contributed by atoms with E-state index in [9.17, 15) is 17.2 Å². The largest absolute Gasteiger partial charge is 0.368 e. The van der Waals surface area contributed by atoms with E-state index < -0.39 is 21.7 Å². The number of piperazine rings is 1. The molecule has 0 radical (unpaired) electrons. The van der Waals surface area contributed by atoms with Crippen molar-refractivity contribution >= 4 is 27.2 Å². The summed E-state index contributed by atoms with van der Waals surface area (Å²) < 4.78 is 53.6. The number of nitrogens with zero attached hydrogens (tertiary/aromatic N) is 4. The van der Waals surface area contributed by atoms with Gasteiger partial charge in [-0.2, -0.15) is 0 Å². The predicted molar refractivity (Wildman–Crippen MR) is 110 cm³/mol. The molecule has 1 saturated heterocycles. The van der Waals surface area contributed by atoms with Gasteiger partial charge in [-0.1, -0.05) is 0 Å². The van der Waals surface area contributed by atoms with Crippen LogP contribution >= 0.6 is 0 Å². The molecule has 10 heteroatoms. The van der Waals surface area contributed by atoms with E-state index in [4.69, 9.17) is 0 Å². The summed E-state index contributed by atoms with van der Waals surface area (Å²) in [5.74, 6) is -1.50. The van der Waals surface area contributed by atoms with Crippen LogP contribution in [0.15, 0.2) is 66.0 Å². The maximum Gasteiger partial charge on any atom is 0.263 e. The molecular formula is C20H19F2N5O2S. The molecule has 1 aromatic carbocycles. The molecule has 1 aliphatic heterocycles. The number of benzene rings is 1. The Labute approximate surface area is 173 Å². The van der Waals surface area contributed by atoms with Gasteiger partial charge in [-0.25, -0.2) is 22.2 Å². The number of rotatable bonds is 5. The maximum absolute atomic E-state index is 13.3. The summed E-state index contributed by atoms with van der Waals surface area (Å²) in [6.45, 7) is 3.11. The zero-order chi connectivity index (χ0) is 21.1. The van der Waals surface area contributed by atoms with Gasteiger partial charge >= 0.3 is 0 Å². The summed E-state index contributed by atoms with van der Waals surface area (Å²) in [5.41, 5.74) is 1.05. The number of pyridine rings is 2. The first-order valence-corrected chi connectivity index (χ1v) is 10.7. The van der Waals surface area contributed by atoms with Crippen LogP contribution in [0, 0.1) is 11.6 Å². The van der Waals surface area contributed by atoms with E-state index in [-0.39, 0.29) is 10.6 Å². The van der Waals surface area contributed by atoms with Gasteiger partial charge < -0.3 is 9.80 Å². The molecule has 0 saturated carbocycles. The second-order valence-electron chi connectivity index (χ2n) is 6.77. The second-order valence-corrected chi connectivity index (χ2v) is 8.45. The lowest BCUT2D eigenvalue weighted by Crippen LogP contribution is -2.46. The van der Waals surface area contributed by atoms with Gasteiger partial charge in [-0.05, 0) is 36.4 Å². The third kappa shape index (κ3) is 4.33. The molecule has 1 N–H and O–H groups in total. The van der Waals surface area contributed by atoms with Crippen LogP contribution in [0.3, 0.4) is 0 Å². The average Bonchev–Trinajstić information content (AvgIpc) is 2.77. The fourth-order valence-corrected chi connectivity index (χ4v) is 4.23. The minimum Gasteiger partial charge on any atom is -0.368 e. The fourth-order valence-electron chi connectivity index (χ4n) is 3.24. The molecule has 3 heterocycles. The van der Waals surface area contributed by atoms with Crippen LogP contribution in [-0.4, -0.2) is 44.6 Å².